The Labute approximate surface area is 161 Å². The molecule has 150 valence electrons. The second kappa shape index (κ2) is 9.60. The van der Waals surface area contributed by atoms with Gasteiger partial charge in [0, 0.05) is 26.2 Å². The van der Waals surface area contributed by atoms with Crippen molar-refractivity contribution in [3.63, 3.8) is 0 Å². The second-order valence-corrected chi connectivity index (χ2v) is 7.76. The van der Waals surface area contributed by atoms with E-state index < -0.39 is 5.60 Å². The lowest BCUT2D eigenvalue weighted by atomic mass is 10.2. The third kappa shape index (κ3) is 7.86. The molecule has 2 amide bonds. The van der Waals surface area contributed by atoms with E-state index in [1.807, 2.05) is 56.9 Å². The van der Waals surface area contributed by atoms with Crippen LogP contribution in [0.25, 0.3) is 0 Å². The summed E-state index contributed by atoms with van der Waals surface area (Å²) in [4.78, 5) is 27.8. The smallest absolute Gasteiger partial charge is 0.410 e. The minimum Gasteiger partial charge on any atom is -0.492 e. The summed E-state index contributed by atoms with van der Waals surface area (Å²) in [6.07, 6.45) is -0.292. The number of aryl methyl sites for hydroxylation is 1. The van der Waals surface area contributed by atoms with Crippen molar-refractivity contribution in [1.29, 1.82) is 0 Å². The molecule has 0 spiro atoms. The summed E-state index contributed by atoms with van der Waals surface area (Å²) in [6.45, 7) is 11.3. The number of hydrogen-bond donors (Lipinski definition) is 1. The fraction of sp³-hybridized carbons (Fsp3) is 0.600. The summed E-state index contributed by atoms with van der Waals surface area (Å²) in [5, 5.41) is 2.87. The molecule has 1 aliphatic rings. The lowest BCUT2D eigenvalue weighted by Crippen LogP contribution is -2.52. The molecule has 0 aliphatic carbocycles. The molecule has 1 fully saturated rings. The van der Waals surface area contributed by atoms with Gasteiger partial charge in [-0.3, -0.25) is 9.69 Å². The van der Waals surface area contributed by atoms with Crippen molar-refractivity contribution in [1.82, 2.24) is 15.1 Å². The molecule has 0 unspecified atom stereocenters. The zero-order valence-corrected chi connectivity index (χ0v) is 16.8. The molecule has 1 N–H and O–H groups in total. The molecule has 7 nitrogen and oxygen atoms in total. The SMILES string of the molecule is Cc1cccc(OCCNC(=O)CN2CCN(C(=O)OC(C)(C)C)CC2)c1. The molecular formula is C20H31N3O4. The van der Waals surface area contributed by atoms with Crippen LogP contribution in [-0.4, -0.2) is 73.3 Å². The normalized spacial score (nSPS) is 15.3. The molecule has 1 aromatic carbocycles. The average molecular weight is 377 g/mol. The Hall–Kier alpha value is -2.28. The van der Waals surface area contributed by atoms with Crippen LogP contribution in [0.15, 0.2) is 24.3 Å². The molecule has 27 heavy (non-hydrogen) atoms. The van der Waals surface area contributed by atoms with Crippen LogP contribution in [0.5, 0.6) is 5.75 Å². The van der Waals surface area contributed by atoms with Crippen LogP contribution in [0.3, 0.4) is 0 Å². The summed E-state index contributed by atoms with van der Waals surface area (Å²) in [5.41, 5.74) is 0.649. The maximum atomic E-state index is 12.1. The van der Waals surface area contributed by atoms with Gasteiger partial charge in [0.1, 0.15) is 18.0 Å². The van der Waals surface area contributed by atoms with Crippen LogP contribution in [0, 0.1) is 6.92 Å². The quantitative estimate of drug-likeness (QED) is 0.768. The maximum Gasteiger partial charge on any atom is 0.410 e. The fourth-order valence-electron chi connectivity index (χ4n) is 2.74. The standard InChI is InChI=1S/C20H31N3O4/c1-16-6-5-7-17(14-16)26-13-8-21-18(24)15-22-9-11-23(12-10-22)19(25)27-20(2,3)4/h5-7,14H,8-13,15H2,1-4H3,(H,21,24). The van der Waals surface area contributed by atoms with Crippen molar-refractivity contribution in [2.24, 2.45) is 0 Å². The molecule has 2 rings (SSSR count). The van der Waals surface area contributed by atoms with E-state index >= 15 is 0 Å². The van der Waals surface area contributed by atoms with Crippen LogP contribution in [0.2, 0.25) is 0 Å². The number of nitrogens with one attached hydrogen (secondary N) is 1. The van der Waals surface area contributed by atoms with Gasteiger partial charge < -0.3 is 19.7 Å². The number of carbonyl (C=O) groups is 2. The second-order valence-electron chi connectivity index (χ2n) is 7.76. The van der Waals surface area contributed by atoms with Gasteiger partial charge in [-0.2, -0.15) is 0 Å². The molecule has 0 aromatic heterocycles. The summed E-state index contributed by atoms with van der Waals surface area (Å²) < 4.78 is 11.0. The number of carbonyl (C=O) groups excluding carboxylic acids is 2. The van der Waals surface area contributed by atoms with E-state index in [0.717, 1.165) is 11.3 Å². The van der Waals surface area contributed by atoms with Crippen LogP contribution < -0.4 is 10.1 Å². The van der Waals surface area contributed by atoms with Gasteiger partial charge in [0.25, 0.3) is 0 Å². The van der Waals surface area contributed by atoms with Crippen LogP contribution in [0.1, 0.15) is 26.3 Å². The molecule has 1 aliphatic heterocycles. The minimum atomic E-state index is -0.491. The summed E-state index contributed by atoms with van der Waals surface area (Å²) >= 11 is 0. The molecule has 0 atom stereocenters. The first-order chi connectivity index (χ1) is 12.7. The Morgan fingerprint density at radius 1 is 1.15 bits per heavy atom. The number of benzene rings is 1. The van der Waals surface area contributed by atoms with Gasteiger partial charge >= 0.3 is 6.09 Å². The monoisotopic (exact) mass is 377 g/mol. The zero-order valence-electron chi connectivity index (χ0n) is 16.8. The first kappa shape index (κ1) is 21.0. The van der Waals surface area contributed by atoms with Gasteiger partial charge in [0.2, 0.25) is 5.91 Å². The molecule has 1 saturated heterocycles. The summed E-state index contributed by atoms with van der Waals surface area (Å²) in [6, 6.07) is 7.82. The summed E-state index contributed by atoms with van der Waals surface area (Å²) in [5.74, 6) is 0.774. The van der Waals surface area contributed by atoms with Gasteiger partial charge in [-0.1, -0.05) is 12.1 Å². The molecular weight excluding hydrogens is 346 g/mol. The number of amides is 2. The lowest BCUT2D eigenvalue weighted by Gasteiger charge is -2.35. The number of hydrogen-bond acceptors (Lipinski definition) is 5. The first-order valence-electron chi connectivity index (χ1n) is 9.39. The van der Waals surface area contributed by atoms with E-state index in [-0.39, 0.29) is 12.0 Å². The maximum absolute atomic E-state index is 12.1. The highest BCUT2D eigenvalue weighted by Crippen LogP contribution is 2.12. The molecule has 0 radical (unpaired) electrons. The molecule has 0 saturated carbocycles. The van der Waals surface area contributed by atoms with E-state index in [4.69, 9.17) is 9.47 Å². The Balaban J connectivity index is 1.61. The van der Waals surface area contributed by atoms with Gasteiger partial charge in [-0.15, -0.1) is 0 Å². The van der Waals surface area contributed by atoms with E-state index in [9.17, 15) is 9.59 Å². The van der Waals surface area contributed by atoms with Gasteiger partial charge in [-0.05, 0) is 45.4 Å². The van der Waals surface area contributed by atoms with Crippen LogP contribution >= 0.6 is 0 Å². The van der Waals surface area contributed by atoms with Crippen molar-refractivity contribution in [2.45, 2.75) is 33.3 Å². The molecule has 0 bridgehead atoms. The van der Waals surface area contributed by atoms with E-state index in [1.165, 1.54) is 0 Å². The number of rotatable bonds is 6. The number of ether oxygens (including phenoxy) is 2. The highest BCUT2D eigenvalue weighted by molar-refractivity contribution is 5.78. The molecule has 1 aromatic rings. The van der Waals surface area contributed by atoms with Crippen molar-refractivity contribution < 1.29 is 19.1 Å². The predicted octanol–water partition coefficient (Wildman–Crippen LogP) is 2.04. The van der Waals surface area contributed by atoms with Gasteiger partial charge in [-0.25, -0.2) is 4.79 Å². The number of nitrogens with zero attached hydrogens (tertiary/aromatic N) is 2. The van der Waals surface area contributed by atoms with Gasteiger partial charge in [0.15, 0.2) is 0 Å². The van der Waals surface area contributed by atoms with E-state index in [2.05, 4.69) is 5.32 Å². The van der Waals surface area contributed by atoms with Crippen molar-refractivity contribution >= 4 is 12.0 Å². The zero-order chi connectivity index (χ0) is 19.9. The third-order valence-corrected chi connectivity index (χ3v) is 4.07. The highest BCUT2D eigenvalue weighted by Gasteiger charge is 2.26. The highest BCUT2D eigenvalue weighted by atomic mass is 16.6. The van der Waals surface area contributed by atoms with E-state index in [1.54, 1.807) is 4.90 Å². The van der Waals surface area contributed by atoms with Crippen molar-refractivity contribution in [3.8, 4) is 5.75 Å². The number of piperazine rings is 1. The van der Waals surface area contributed by atoms with Crippen LogP contribution in [0.4, 0.5) is 4.79 Å². The topological polar surface area (TPSA) is 71.1 Å². The Bertz CT molecular complexity index is 634. The van der Waals surface area contributed by atoms with Crippen molar-refractivity contribution in [2.75, 3.05) is 45.9 Å². The average Bonchev–Trinajstić information content (AvgIpc) is 2.58. The largest absolute Gasteiger partial charge is 0.492 e. The Kier molecular flexibility index (Phi) is 7.47. The molecule has 1 heterocycles. The van der Waals surface area contributed by atoms with Crippen molar-refractivity contribution in [3.05, 3.63) is 29.8 Å². The third-order valence-electron chi connectivity index (χ3n) is 4.07. The first-order valence-corrected chi connectivity index (χ1v) is 9.39. The Morgan fingerprint density at radius 3 is 2.48 bits per heavy atom. The molecule has 7 heteroatoms. The van der Waals surface area contributed by atoms with Crippen LogP contribution in [-0.2, 0) is 9.53 Å². The van der Waals surface area contributed by atoms with E-state index in [0.29, 0.717) is 45.9 Å². The predicted molar refractivity (Wildman–Crippen MR) is 104 cm³/mol. The fourth-order valence-corrected chi connectivity index (χ4v) is 2.74. The minimum absolute atomic E-state index is 0.0337. The Morgan fingerprint density at radius 2 is 1.85 bits per heavy atom. The lowest BCUT2D eigenvalue weighted by molar-refractivity contribution is -0.122. The van der Waals surface area contributed by atoms with Gasteiger partial charge in [0.05, 0.1) is 13.1 Å². The summed E-state index contributed by atoms with van der Waals surface area (Å²) in [7, 11) is 0.